The van der Waals surface area contributed by atoms with Crippen LogP contribution in [0.3, 0.4) is 0 Å². The summed E-state index contributed by atoms with van der Waals surface area (Å²) in [5, 5.41) is 11.3. The second kappa shape index (κ2) is 5.14. The summed E-state index contributed by atoms with van der Waals surface area (Å²) < 4.78 is 12.8. The van der Waals surface area contributed by atoms with E-state index in [0.717, 1.165) is 25.1 Å². The first-order chi connectivity index (χ1) is 8.15. The molecule has 1 fully saturated rings. The van der Waals surface area contributed by atoms with Crippen molar-refractivity contribution >= 4 is 6.09 Å². The van der Waals surface area contributed by atoms with E-state index in [1.165, 1.54) is 12.1 Å². The number of carbonyl (C=O) groups is 1. The lowest BCUT2D eigenvalue weighted by Crippen LogP contribution is -2.44. The van der Waals surface area contributed by atoms with E-state index in [4.69, 9.17) is 5.11 Å². The first kappa shape index (κ1) is 11.9. The first-order valence-electron chi connectivity index (χ1n) is 5.62. The van der Waals surface area contributed by atoms with Crippen LogP contribution in [0.5, 0.6) is 0 Å². The Hall–Kier alpha value is -1.62. The minimum absolute atomic E-state index is 0.298. The molecule has 1 amide bonds. The summed E-state index contributed by atoms with van der Waals surface area (Å²) >= 11 is 0. The Morgan fingerprint density at radius 3 is 2.53 bits per heavy atom. The number of rotatable bonds is 4. The lowest BCUT2D eigenvalue weighted by atomic mass is 10.0. The number of amides is 1. The molecule has 92 valence electrons. The topological polar surface area (TPSA) is 52.6 Å². The SMILES string of the molecule is O=C(O)N[C@H](CN1CCC1)c1ccc(F)cc1. The summed E-state index contributed by atoms with van der Waals surface area (Å²) in [4.78, 5) is 12.9. The fraction of sp³-hybridized carbons (Fsp3) is 0.417. The van der Waals surface area contributed by atoms with E-state index in [2.05, 4.69) is 10.2 Å². The van der Waals surface area contributed by atoms with Gasteiger partial charge >= 0.3 is 6.09 Å². The zero-order valence-corrected chi connectivity index (χ0v) is 9.40. The number of benzene rings is 1. The van der Waals surface area contributed by atoms with Gasteiger partial charge in [-0.1, -0.05) is 12.1 Å². The van der Waals surface area contributed by atoms with Crippen molar-refractivity contribution in [2.24, 2.45) is 0 Å². The molecule has 0 unspecified atom stereocenters. The van der Waals surface area contributed by atoms with Crippen molar-refractivity contribution < 1.29 is 14.3 Å². The molecule has 2 N–H and O–H groups in total. The Kier molecular flexibility index (Phi) is 3.58. The third-order valence-electron chi connectivity index (χ3n) is 2.96. The van der Waals surface area contributed by atoms with E-state index in [9.17, 15) is 9.18 Å². The van der Waals surface area contributed by atoms with Crippen molar-refractivity contribution in [1.29, 1.82) is 0 Å². The fourth-order valence-corrected chi connectivity index (χ4v) is 1.90. The van der Waals surface area contributed by atoms with Gasteiger partial charge in [0.25, 0.3) is 0 Å². The van der Waals surface area contributed by atoms with Gasteiger partial charge in [0.15, 0.2) is 0 Å². The highest BCUT2D eigenvalue weighted by molar-refractivity contribution is 5.65. The monoisotopic (exact) mass is 238 g/mol. The van der Waals surface area contributed by atoms with Crippen LogP contribution in [0.4, 0.5) is 9.18 Å². The molecule has 1 aromatic rings. The number of hydrogen-bond donors (Lipinski definition) is 2. The van der Waals surface area contributed by atoms with Crippen LogP contribution >= 0.6 is 0 Å². The second-order valence-electron chi connectivity index (χ2n) is 4.21. The Morgan fingerprint density at radius 1 is 1.41 bits per heavy atom. The molecule has 0 aliphatic carbocycles. The van der Waals surface area contributed by atoms with Gasteiger partial charge in [-0.15, -0.1) is 0 Å². The molecule has 1 atom stereocenters. The van der Waals surface area contributed by atoms with E-state index < -0.39 is 6.09 Å². The van der Waals surface area contributed by atoms with Crippen molar-refractivity contribution in [3.8, 4) is 0 Å². The summed E-state index contributed by atoms with van der Waals surface area (Å²) in [6, 6.07) is 5.64. The highest BCUT2D eigenvalue weighted by atomic mass is 19.1. The Bertz CT molecular complexity index is 390. The number of halogens is 1. The van der Waals surface area contributed by atoms with Crippen molar-refractivity contribution in [3.05, 3.63) is 35.6 Å². The summed E-state index contributed by atoms with van der Waals surface area (Å²) in [6.45, 7) is 2.63. The minimum atomic E-state index is -1.06. The van der Waals surface area contributed by atoms with E-state index in [0.29, 0.717) is 6.54 Å². The summed E-state index contributed by atoms with van der Waals surface area (Å²) in [6.07, 6.45) is 0.100. The zero-order chi connectivity index (χ0) is 12.3. The second-order valence-corrected chi connectivity index (χ2v) is 4.21. The number of carboxylic acid groups (broad SMARTS) is 1. The van der Waals surface area contributed by atoms with Gasteiger partial charge in [-0.25, -0.2) is 9.18 Å². The predicted octanol–water partition coefficient (Wildman–Crippen LogP) is 1.84. The molecule has 1 saturated heterocycles. The molecule has 1 aromatic carbocycles. The molecule has 1 heterocycles. The molecule has 17 heavy (non-hydrogen) atoms. The van der Waals surface area contributed by atoms with Crippen LogP contribution in [-0.4, -0.2) is 35.7 Å². The number of hydrogen-bond acceptors (Lipinski definition) is 2. The highest BCUT2D eigenvalue weighted by Gasteiger charge is 2.21. The maximum Gasteiger partial charge on any atom is 0.405 e. The summed E-state index contributed by atoms with van der Waals surface area (Å²) in [5.74, 6) is -0.313. The van der Waals surface area contributed by atoms with Gasteiger partial charge in [0.1, 0.15) is 5.82 Å². The van der Waals surface area contributed by atoms with Crippen LogP contribution in [0.25, 0.3) is 0 Å². The van der Waals surface area contributed by atoms with Crippen LogP contribution in [0.15, 0.2) is 24.3 Å². The van der Waals surface area contributed by atoms with Gasteiger partial charge in [0, 0.05) is 6.54 Å². The average Bonchev–Trinajstić information content (AvgIpc) is 2.22. The van der Waals surface area contributed by atoms with Crippen molar-refractivity contribution in [1.82, 2.24) is 10.2 Å². The predicted molar refractivity (Wildman–Crippen MR) is 61.4 cm³/mol. The van der Waals surface area contributed by atoms with Crippen LogP contribution < -0.4 is 5.32 Å². The molecule has 1 aliphatic heterocycles. The van der Waals surface area contributed by atoms with Gasteiger partial charge in [0.2, 0.25) is 0 Å². The standard InChI is InChI=1S/C12H15FN2O2/c13-10-4-2-9(3-5-10)11(14-12(16)17)8-15-6-1-7-15/h2-5,11,14H,1,6-8H2,(H,16,17)/t11-/m1/s1. The molecule has 0 aromatic heterocycles. The Balaban J connectivity index is 2.07. The van der Waals surface area contributed by atoms with Gasteiger partial charge in [-0.2, -0.15) is 0 Å². The Morgan fingerprint density at radius 2 is 2.06 bits per heavy atom. The van der Waals surface area contributed by atoms with Gasteiger partial charge in [-0.3, -0.25) is 0 Å². The number of nitrogens with zero attached hydrogens (tertiary/aromatic N) is 1. The molecule has 0 spiro atoms. The van der Waals surface area contributed by atoms with Gasteiger partial charge in [0.05, 0.1) is 6.04 Å². The van der Waals surface area contributed by atoms with E-state index >= 15 is 0 Å². The zero-order valence-electron chi connectivity index (χ0n) is 9.40. The van der Waals surface area contributed by atoms with Crippen LogP contribution in [0.2, 0.25) is 0 Å². The Labute approximate surface area is 99.0 Å². The van der Waals surface area contributed by atoms with Crippen molar-refractivity contribution in [2.75, 3.05) is 19.6 Å². The molecule has 0 saturated carbocycles. The third kappa shape index (κ3) is 3.17. The molecule has 5 heteroatoms. The lowest BCUT2D eigenvalue weighted by Gasteiger charge is -2.34. The maximum absolute atomic E-state index is 12.8. The smallest absolute Gasteiger partial charge is 0.405 e. The van der Waals surface area contributed by atoms with Gasteiger partial charge < -0.3 is 15.3 Å². The molecular formula is C12H15FN2O2. The molecule has 1 aliphatic rings. The molecule has 0 bridgehead atoms. The largest absolute Gasteiger partial charge is 0.465 e. The third-order valence-corrected chi connectivity index (χ3v) is 2.96. The summed E-state index contributed by atoms with van der Waals surface area (Å²) in [5.41, 5.74) is 0.792. The highest BCUT2D eigenvalue weighted by Crippen LogP contribution is 2.18. The van der Waals surface area contributed by atoms with E-state index in [1.54, 1.807) is 12.1 Å². The number of likely N-dealkylation sites (tertiary alicyclic amines) is 1. The quantitative estimate of drug-likeness (QED) is 0.841. The number of nitrogens with one attached hydrogen (secondary N) is 1. The van der Waals surface area contributed by atoms with Crippen LogP contribution in [-0.2, 0) is 0 Å². The average molecular weight is 238 g/mol. The normalized spacial score (nSPS) is 17.2. The van der Waals surface area contributed by atoms with Crippen molar-refractivity contribution in [3.63, 3.8) is 0 Å². The maximum atomic E-state index is 12.8. The lowest BCUT2D eigenvalue weighted by molar-refractivity contribution is 0.151. The van der Waals surface area contributed by atoms with Crippen LogP contribution in [0.1, 0.15) is 18.0 Å². The fourth-order valence-electron chi connectivity index (χ4n) is 1.90. The molecule has 4 nitrogen and oxygen atoms in total. The molecular weight excluding hydrogens is 223 g/mol. The van der Waals surface area contributed by atoms with E-state index in [1.807, 2.05) is 0 Å². The van der Waals surface area contributed by atoms with Gasteiger partial charge in [-0.05, 0) is 37.2 Å². The molecule has 0 radical (unpaired) electrons. The van der Waals surface area contributed by atoms with Crippen molar-refractivity contribution in [2.45, 2.75) is 12.5 Å². The minimum Gasteiger partial charge on any atom is -0.465 e. The summed E-state index contributed by atoms with van der Waals surface area (Å²) in [7, 11) is 0. The van der Waals surface area contributed by atoms with E-state index in [-0.39, 0.29) is 11.9 Å². The molecule has 2 rings (SSSR count). The first-order valence-corrected chi connectivity index (χ1v) is 5.62. The van der Waals surface area contributed by atoms with Crippen LogP contribution in [0, 0.1) is 5.82 Å².